The van der Waals surface area contributed by atoms with Crippen LogP contribution in [-0.4, -0.2) is 19.2 Å². The van der Waals surface area contributed by atoms with Gasteiger partial charge in [0, 0.05) is 0 Å². The zero-order valence-electron chi connectivity index (χ0n) is 9.16. The van der Waals surface area contributed by atoms with Gasteiger partial charge in [0.05, 0.1) is 6.54 Å². The maximum Gasteiger partial charge on any atom is 0.312 e. The molecule has 0 aliphatic heterocycles. The highest BCUT2D eigenvalue weighted by molar-refractivity contribution is 5.71. The molecule has 2 amide bonds. The standard InChI is InChI=1S/C12H16N2O2/c13-12(15)14-6-7-16-11-5-4-9-2-1-3-10(9)8-11/h4-5,8H,1-3,6-7H2,(H3,13,14,15). The number of nitrogens with one attached hydrogen (secondary N) is 1. The number of fused-ring (bicyclic) bond motifs is 1. The number of nitrogens with two attached hydrogens (primary N) is 1. The van der Waals surface area contributed by atoms with E-state index in [1.807, 2.05) is 6.07 Å². The van der Waals surface area contributed by atoms with E-state index in [2.05, 4.69) is 17.4 Å². The van der Waals surface area contributed by atoms with Gasteiger partial charge in [0.2, 0.25) is 0 Å². The Bertz CT molecular complexity index is 391. The molecule has 1 aromatic rings. The van der Waals surface area contributed by atoms with Crippen LogP contribution in [0, 0.1) is 0 Å². The molecule has 1 aliphatic carbocycles. The summed E-state index contributed by atoms with van der Waals surface area (Å²) >= 11 is 0. The molecule has 0 saturated heterocycles. The van der Waals surface area contributed by atoms with E-state index in [1.54, 1.807) is 0 Å². The molecule has 1 aliphatic rings. The lowest BCUT2D eigenvalue weighted by atomic mass is 10.1. The highest BCUT2D eigenvalue weighted by Crippen LogP contribution is 2.25. The molecule has 4 heteroatoms. The van der Waals surface area contributed by atoms with Crippen molar-refractivity contribution in [2.45, 2.75) is 19.3 Å². The monoisotopic (exact) mass is 220 g/mol. The molecule has 2 rings (SSSR count). The van der Waals surface area contributed by atoms with Gasteiger partial charge in [-0.15, -0.1) is 0 Å². The third-order valence-corrected chi connectivity index (χ3v) is 2.74. The van der Waals surface area contributed by atoms with Gasteiger partial charge in [-0.2, -0.15) is 0 Å². The largest absolute Gasteiger partial charge is 0.492 e. The molecule has 0 unspecified atom stereocenters. The topological polar surface area (TPSA) is 64.4 Å². The number of hydrogen-bond acceptors (Lipinski definition) is 2. The Labute approximate surface area is 94.8 Å². The highest BCUT2D eigenvalue weighted by atomic mass is 16.5. The summed E-state index contributed by atoms with van der Waals surface area (Å²) in [6, 6.07) is 5.68. The number of carbonyl (C=O) groups is 1. The Balaban J connectivity index is 1.83. The molecule has 0 saturated carbocycles. The second-order valence-electron chi connectivity index (χ2n) is 3.92. The van der Waals surface area contributed by atoms with Crippen LogP contribution in [0.5, 0.6) is 5.75 Å². The fraction of sp³-hybridized carbons (Fsp3) is 0.417. The van der Waals surface area contributed by atoms with Gasteiger partial charge >= 0.3 is 6.03 Å². The molecule has 0 radical (unpaired) electrons. The molecule has 0 aromatic heterocycles. The van der Waals surface area contributed by atoms with E-state index in [0.29, 0.717) is 13.2 Å². The van der Waals surface area contributed by atoms with Crippen molar-refractivity contribution in [3.8, 4) is 5.75 Å². The molecule has 0 bridgehead atoms. The summed E-state index contributed by atoms with van der Waals surface area (Å²) in [5.74, 6) is 0.868. The maximum atomic E-state index is 10.4. The molecule has 0 spiro atoms. The summed E-state index contributed by atoms with van der Waals surface area (Å²) < 4.78 is 5.51. The Morgan fingerprint density at radius 2 is 2.19 bits per heavy atom. The molecular formula is C12H16N2O2. The molecular weight excluding hydrogens is 204 g/mol. The molecule has 1 aromatic carbocycles. The number of urea groups is 1. The Morgan fingerprint density at radius 3 is 3.00 bits per heavy atom. The van der Waals surface area contributed by atoms with Crippen molar-refractivity contribution in [1.82, 2.24) is 5.32 Å². The number of hydrogen-bond donors (Lipinski definition) is 2. The van der Waals surface area contributed by atoms with E-state index in [9.17, 15) is 4.79 Å². The summed E-state index contributed by atoms with van der Waals surface area (Å²) in [7, 11) is 0. The predicted molar refractivity (Wildman–Crippen MR) is 61.5 cm³/mol. The zero-order chi connectivity index (χ0) is 11.4. The van der Waals surface area contributed by atoms with Crippen molar-refractivity contribution in [3.63, 3.8) is 0 Å². The first-order valence-corrected chi connectivity index (χ1v) is 5.53. The van der Waals surface area contributed by atoms with E-state index < -0.39 is 6.03 Å². The molecule has 86 valence electrons. The molecule has 0 fully saturated rings. The van der Waals surface area contributed by atoms with Crippen LogP contribution in [0.1, 0.15) is 17.5 Å². The number of carbonyl (C=O) groups excluding carboxylic acids is 1. The van der Waals surface area contributed by atoms with E-state index in [1.165, 1.54) is 24.0 Å². The van der Waals surface area contributed by atoms with Crippen molar-refractivity contribution < 1.29 is 9.53 Å². The van der Waals surface area contributed by atoms with Crippen LogP contribution >= 0.6 is 0 Å². The third kappa shape index (κ3) is 2.66. The fourth-order valence-electron chi connectivity index (χ4n) is 1.98. The minimum Gasteiger partial charge on any atom is -0.492 e. The molecule has 3 N–H and O–H groups in total. The first kappa shape index (κ1) is 10.8. The Morgan fingerprint density at radius 1 is 1.38 bits per heavy atom. The lowest BCUT2D eigenvalue weighted by Crippen LogP contribution is -2.32. The Hall–Kier alpha value is -1.71. The van der Waals surface area contributed by atoms with E-state index in [0.717, 1.165) is 12.2 Å². The summed E-state index contributed by atoms with van der Waals surface area (Å²) in [6.45, 7) is 0.883. The van der Waals surface area contributed by atoms with Crippen LogP contribution in [0.2, 0.25) is 0 Å². The number of benzene rings is 1. The smallest absolute Gasteiger partial charge is 0.312 e. The lowest BCUT2D eigenvalue weighted by molar-refractivity contribution is 0.244. The number of rotatable bonds is 4. The second-order valence-corrected chi connectivity index (χ2v) is 3.92. The first-order valence-electron chi connectivity index (χ1n) is 5.53. The van der Waals surface area contributed by atoms with Gasteiger partial charge < -0.3 is 15.8 Å². The first-order chi connectivity index (χ1) is 7.75. The van der Waals surface area contributed by atoms with Gasteiger partial charge in [-0.3, -0.25) is 0 Å². The van der Waals surface area contributed by atoms with Crippen molar-refractivity contribution in [2.75, 3.05) is 13.2 Å². The van der Waals surface area contributed by atoms with Crippen LogP contribution in [-0.2, 0) is 12.8 Å². The number of amides is 2. The van der Waals surface area contributed by atoms with Gasteiger partial charge in [0.25, 0.3) is 0 Å². The Kier molecular flexibility index (Phi) is 3.29. The molecule has 0 atom stereocenters. The normalized spacial score (nSPS) is 13.2. The molecule has 4 nitrogen and oxygen atoms in total. The quantitative estimate of drug-likeness (QED) is 0.749. The van der Waals surface area contributed by atoms with Crippen molar-refractivity contribution >= 4 is 6.03 Å². The van der Waals surface area contributed by atoms with Gasteiger partial charge in [0.15, 0.2) is 0 Å². The highest BCUT2D eigenvalue weighted by Gasteiger charge is 2.10. The van der Waals surface area contributed by atoms with Crippen molar-refractivity contribution in [2.24, 2.45) is 5.73 Å². The molecule has 0 heterocycles. The van der Waals surface area contributed by atoms with Crippen LogP contribution in [0.3, 0.4) is 0 Å². The third-order valence-electron chi connectivity index (χ3n) is 2.74. The summed E-state index contributed by atoms with van der Waals surface area (Å²) in [5.41, 5.74) is 7.76. The van der Waals surface area contributed by atoms with Gasteiger partial charge in [-0.25, -0.2) is 4.79 Å². The minimum atomic E-state index is -0.516. The van der Waals surface area contributed by atoms with Crippen LogP contribution in [0.4, 0.5) is 4.79 Å². The van der Waals surface area contributed by atoms with E-state index in [-0.39, 0.29) is 0 Å². The van der Waals surface area contributed by atoms with Crippen molar-refractivity contribution in [1.29, 1.82) is 0 Å². The number of ether oxygens (including phenoxy) is 1. The summed E-state index contributed by atoms with van der Waals surface area (Å²) in [4.78, 5) is 10.4. The SMILES string of the molecule is NC(=O)NCCOc1ccc2c(c1)CCC2. The summed E-state index contributed by atoms with van der Waals surface area (Å²) in [6.07, 6.45) is 3.56. The van der Waals surface area contributed by atoms with E-state index >= 15 is 0 Å². The average molecular weight is 220 g/mol. The number of aryl methyl sites for hydroxylation is 2. The average Bonchev–Trinajstić information content (AvgIpc) is 2.71. The summed E-state index contributed by atoms with van der Waals surface area (Å²) in [5, 5.41) is 2.48. The van der Waals surface area contributed by atoms with Gasteiger partial charge in [-0.1, -0.05) is 6.07 Å². The van der Waals surface area contributed by atoms with Gasteiger partial charge in [0.1, 0.15) is 12.4 Å². The van der Waals surface area contributed by atoms with Gasteiger partial charge in [-0.05, 0) is 42.5 Å². The fourth-order valence-corrected chi connectivity index (χ4v) is 1.98. The van der Waals surface area contributed by atoms with Crippen LogP contribution < -0.4 is 15.8 Å². The predicted octanol–water partition coefficient (Wildman–Crippen LogP) is 1.22. The van der Waals surface area contributed by atoms with E-state index in [4.69, 9.17) is 10.5 Å². The lowest BCUT2D eigenvalue weighted by Gasteiger charge is -2.08. The molecule has 16 heavy (non-hydrogen) atoms. The number of primary amides is 1. The van der Waals surface area contributed by atoms with Crippen LogP contribution in [0.15, 0.2) is 18.2 Å². The minimum absolute atomic E-state index is 0.437. The zero-order valence-corrected chi connectivity index (χ0v) is 9.16. The second kappa shape index (κ2) is 4.88. The maximum absolute atomic E-state index is 10.4. The van der Waals surface area contributed by atoms with Crippen LogP contribution in [0.25, 0.3) is 0 Å². The van der Waals surface area contributed by atoms with Crippen molar-refractivity contribution in [3.05, 3.63) is 29.3 Å².